The molecule has 2 heterocycles. The van der Waals surface area contributed by atoms with Gasteiger partial charge in [0.25, 0.3) is 0 Å². The molecule has 0 radical (unpaired) electrons. The van der Waals surface area contributed by atoms with Crippen molar-refractivity contribution in [3.8, 4) is 11.8 Å². The number of thiophene rings is 1. The minimum atomic E-state index is 0.873. The summed E-state index contributed by atoms with van der Waals surface area (Å²) in [7, 11) is 0. The minimum Gasteiger partial charge on any atom is -0.411 e. The van der Waals surface area contributed by atoms with Gasteiger partial charge in [0, 0.05) is 22.8 Å². The van der Waals surface area contributed by atoms with Crippen molar-refractivity contribution in [1.82, 2.24) is 4.98 Å². The third-order valence-electron chi connectivity index (χ3n) is 1.80. The van der Waals surface area contributed by atoms with Gasteiger partial charge in [-0.2, -0.15) is 0 Å². The molecule has 0 unspecified atom stereocenters. The molecule has 0 aliphatic carbocycles. The summed E-state index contributed by atoms with van der Waals surface area (Å²) < 4.78 is 0. The van der Waals surface area contributed by atoms with Gasteiger partial charge in [-0.1, -0.05) is 17.0 Å². The van der Waals surface area contributed by atoms with E-state index in [1.165, 1.54) is 17.6 Å². The fourth-order valence-corrected chi connectivity index (χ4v) is 1.84. The fourth-order valence-electron chi connectivity index (χ4n) is 1.12. The van der Waals surface area contributed by atoms with Crippen molar-refractivity contribution in [3.05, 3.63) is 52.0 Å². The summed E-state index contributed by atoms with van der Waals surface area (Å²) in [5.74, 6) is 6.03. The smallest absolute Gasteiger partial charge is 0.0834 e. The molecule has 0 amide bonds. The highest BCUT2D eigenvalue weighted by atomic mass is 32.1. The van der Waals surface area contributed by atoms with E-state index in [0.29, 0.717) is 0 Å². The average Bonchev–Trinajstić information content (AvgIpc) is 2.76. The van der Waals surface area contributed by atoms with Crippen molar-refractivity contribution in [1.29, 1.82) is 0 Å². The maximum atomic E-state index is 8.37. The van der Waals surface area contributed by atoms with Crippen LogP contribution < -0.4 is 0 Å². The predicted octanol–water partition coefficient (Wildman–Crippen LogP) is 2.35. The Morgan fingerprint density at radius 2 is 2.25 bits per heavy atom. The van der Waals surface area contributed by atoms with Crippen molar-refractivity contribution in [2.45, 2.75) is 0 Å². The van der Waals surface area contributed by atoms with Gasteiger partial charge in [0.2, 0.25) is 0 Å². The molecule has 0 saturated carbocycles. The van der Waals surface area contributed by atoms with Gasteiger partial charge >= 0.3 is 0 Å². The van der Waals surface area contributed by atoms with Crippen LogP contribution in [0.15, 0.2) is 41.8 Å². The number of pyridine rings is 1. The third-order valence-corrected chi connectivity index (χ3v) is 2.74. The Bertz CT molecular complexity index is 549. The zero-order valence-electron chi connectivity index (χ0n) is 8.29. The molecule has 3 nitrogen and oxygen atoms in total. The van der Waals surface area contributed by atoms with Crippen LogP contribution in [0.1, 0.15) is 15.3 Å². The summed E-state index contributed by atoms with van der Waals surface area (Å²) in [5, 5.41) is 11.3. The molecule has 0 bridgehead atoms. The minimum absolute atomic E-state index is 0.873. The van der Waals surface area contributed by atoms with Crippen LogP contribution in [0, 0.1) is 11.8 Å². The molecule has 0 aliphatic heterocycles. The zero-order valence-corrected chi connectivity index (χ0v) is 9.11. The zero-order chi connectivity index (χ0) is 11.2. The molecule has 16 heavy (non-hydrogen) atoms. The Labute approximate surface area is 97.1 Å². The Morgan fingerprint density at radius 3 is 3.00 bits per heavy atom. The molecular formula is C12H8N2OS. The lowest BCUT2D eigenvalue weighted by Gasteiger charge is -1.84. The number of aromatic nitrogens is 1. The topological polar surface area (TPSA) is 45.5 Å². The standard InChI is InChI=1S/C12H8N2OS/c15-14-9-12-6-5-11(16-12)4-3-10-2-1-7-13-8-10/h1-2,5-9,15H/b14-9+. The summed E-state index contributed by atoms with van der Waals surface area (Å²) in [5.41, 5.74) is 0.883. The molecule has 0 spiro atoms. The van der Waals surface area contributed by atoms with Crippen molar-refractivity contribution in [2.24, 2.45) is 5.16 Å². The SMILES string of the molecule is O/N=C/c1ccc(C#Cc2cccnc2)s1. The number of oxime groups is 1. The highest BCUT2D eigenvalue weighted by molar-refractivity contribution is 7.14. The first-order valence-corrected chi connectivity index (χ1v) is 5.39. The second kappa shape index (κ2) is 5.10. The van der Waals surface area contributed by atoms with Gasteiger partial charge in [-0.15, -0.1) is 11.3 Å². The Morgan fingerprint density at radius 1 is 1.31 bits per heavy atom. The molecular weight excluding hydrogens is 220 g/mol. The second-order valence-electron chi connectivity index (χ2n) is 2.94. The van der Waals surface area contributed by atoms with E-state index >= 15 is 0 Å². The third kappa shape index (κ3) is 2.69. The van der Waals surface area contributed by atoms with Crippen LogP contribution in [0.4, 0.5) is 0 Å². The molecule has 2 aromatic rings. The van der Waals surface area contributed by atoms with E-state index < -0.39 is 0 Å². The van der Waals surface area contributed by atoms with E-state index in [-0.39, 0.29) is 0 Å². The molecule has 78 valence electrons. The van der Waals surface area contributed by atoms with Crippen LogP contribution in [0.5, 0.6) is 0 Å². The number of hydrogen-bond donors (Lipinski definition) is 1. The number of rotatable bonds is 1. The molecule has 4 heteroatoms. The Kier molecular flexibility index (Phi) is 3.31. The molecule has 0 fully saturated rings. The molecule has 0 saturated heterocycles. The highest BCUT2D eigenvalue weighted by Crippen LogP contribution is 2.13. The summed E-state index contributed by atoms with van der Waals surface area (Å²) in [6.45, 7) is 0. The van der Waals surface area contributed by atoms with Crippen LogP contribution in [0.25, 0.3) is 0 Å². The van der Waals surface area contributed by atoms with Gasteiger partial charge in [0.15, 0.2) is 0 Å². The largest absolute Gasteiger partial charge is 0.411 e. The van der Waals surface area contributed by atoms with Crippen LogP contribution in [0.2, 0.25) is 0 Å². The van der Waals surface area contributed by atoms with Crippen molar-refractivity contribution < 1.29 is 5.21 Å². The number of nitrogens with zero attached hydrogens (tertiary/aromatic N) is 2. The molecule has 1 N–H and O–H groups in total. The van der Waals surface area contributed by atoms with Gasteiger partial charge in [-0.3, -0.25) is 4.98 Å². The maximum absolute atomic E-state index is 8.37. The van der Waals surface area contributed by atoms with Gasteiger partial charge in [0.1, 0.15) is 0 Å². The quantitative estimate of drug-likeness (QED) is 0.352. The van der Waals surface area contributed by atoms with Gasteiger partial charge < -0.3 is 5.21 Å². The second-order valence-corrected chi connectivity index (χ2v) is 4.05. The lowest BCUT2D eigenvalue weighted by molar-refractivity contribution is 0.322. The van der Waals surface area contributed by atoms with Crippen LogP contribution in [-0.2, 0) is 0 Å². The number of hydrogen-bond acceptors (Lipinski definition) is 4. The van der Waals surface area contributed by atoms with E-state index in [1.807, 2.05) is 24.3 Å². The fraction of sp³-hybridized carbons (Fsp3) is 0. The monoisotopic (exact) mass is 228 g/mol. The van der Waals surface area contributed by atoms with Gasteiger partial charge in [-0.25, -0.2) is 0 Å². The van der Waals surface area contributed by atoms with Crippen LogP contribution >= 0.6 is 11.3 Å². The van der Waals surface area contributed by atoms with E-state index in [4.69, 9.17) is 5.21 Å². The van der Waals surface area contributed by atoms with E-state index in [1.54, 1.807) is 12.4 Å². The summed E-state index contributed by atoms with van der Waals surface area (Å²) in [4.78, 5) is 5.78. The Hall–Kier alpha value is -2.12. The lowest BCUT2D eigenvalue weighted by atomic mass is 10.3. The highest BCUT2D eigenvalue weighted by Gasteiger charge is 1.94. The Balaban J connectivity index is 2.18. The summed E-state index contributed by atoms with van der Waals surface area (Å²) in [6, 6.07) is 7.51. The molecule has 0 aromatic carbocycles. The van der Waals surface area contributed by atoms with Gasteiger partial charge in [0.05, 0.1) is 11.1 Å². The average molecular weight is 228 g/mol. The van der Waals surface area contributed by atoms with E-state index in [0.717, 1.165) is 15.3 Å². The van der Waals surface area contributed by atoms with Crippen LogP contribution in [-0.4, -0.2) is 16.4 Å². The molecule has 2 aromatic heterocycles. The first-order chi connectivity index (χ1) is 7.88. The molecule has 0 aliphatic rings. The van der Waals surface area contributed by atoms with Crippen LogP contribution in [0.3, 0.4) is 0 Å². The molecule has 2 rings (SSSR count). The summed E-state index contributed by atoms with van der Waals surface area (Å²) >= 11 is 1.47. The van der Waals surface area contributed by atoms with Crippen molar-refractivity contribution in [3.63, 3.8) is 0 Å². The van der Waals surface area contributed by atoms with Gasteiger partial charge in [-0.05, 0) is 24.3 Å². The predicted molar refractivity (Wildman–Crippen MR) is 63.9 cm³/mol. The lowest BCUT2D eigenvalue weighted by Crippen LogP contribution is -1.74. The maximum Gasteiger partial charge on any atom is 0.0834 e. The molecule has 0 atom stereocenters. The van der Waals surface area contributed by atoms with E-state index in [9.17, 15) is 0 Å². The normalized spacial score (nSPS) is 10.0. The van der Waals surface area contributed by atoms with Crippen molar-refractivity contribution in [2.75, 3.05) is 0 Å². The van der Waals surface area contributed by atoms with E-state index in [2.05, 4.69) is 22.0 Å². The first kappa shape index (κ1) is 10.4. The van der Waals surface area contributed by atoms with Crippen molar-refractivity contribution >= 4 is 17.6 Å². The summed E-state index contributed by atoms with van der Waals surface area (Å²) in [6.07, 6.45) is 4.82. The first-order valence-electron chi connectivity index (χ1n) is 4.58.